The summed E-state index contributed by atoms with van der Waals surface area (Å²) in [5, 5.41) is 5.12. The molecule has 4 aromatic rings. The van der Waals surface area contributed by atoms with E-state index in [4.69, 9.17) is 9.26 Å². The molecule has 5 rings (SSSR count). The Hall–Kier alpha value is -3.65. The average molecular weight is 460 g/mol. The van der Waals surface area contributed by atoms with Crippen molar-refractivity contribution in [2.24, 2.45) is 0 Å². The van der Waals surface area contributed by atoms with Gasteiger partial charge in [0.1, 0.15) is 11.4 Å². The Kier molecular flexibility index (Phi) is 6.31. The predicted octanol–water partition coefficient (Wildman–Crippen LogP) is 3.93. The van der Waals surface area contributed by atoms with Crippen molar-refractivity contribution in [3.8, 4) is 17.1 Å². The summed E-state index contributed by atoms with van der Waals surface area (Å²) in [4.78, 5) is 25.1. The molecule has 8 heteroatoms. The maximum atomic E-state index is 13.0. The van der Waals surface area contributed by atoms with E-state index < -0.39 is 0 Å². The summed E-state index contributed by atoms with van der Waals surface area (Å²) in [5.74, 6) is 2.12. The maximum absolute atomic E-state index is 13.0. The highest BCUT2D eigenvalue weighted by Gasteiger charge is 2.23. The third kappa shape index (κ3) is 4.82. The molecule has 2 aromatic carbocycles. The van der Waals surface area contributed by atoms with Crippen molar-refractivity contribution in [1.29, 1.82) is 0 Å². The number of benzene rings is 2. The highest BCUT2D eigenvalue weighted by Crippen LogP contribution is 2.22. The van der Waals surface area contributed by atoms with Crippen LogP contribution < -0.4 is 4.74 Å². The molecule has 8 nitrogen and oxygen atoms in total. The third-order valence-electron chi connectivity index (χ3n) is 6.36. The zero-order valence-corrected chi connectivity index (χ0v) is 19.6. The number of hydrogen-bond donors (Lipinski definition) is 1. The molecule has 1 amide bonds. The first-order valence-electron chi connectivity index (χ1n) is 11.7. The van der Waals surface area contributed by atoms with E-state index in [0.717, 1.165) is 67.8 Å². The first-order chi connectivity index (χ1) is 16.6. The van der Waals surface area contributed by atoms with E-state index in [0.29, 0.717) is 17.4 Å². The Morgan fingerprint density at radius 1 is 1.09 bits per heavy atom. The number of nitrogens with one attached hydrogen (secondary N) is 1. The largest absolute Gasteiger partial charge is 0.497 e. The average Bonchev–Trinajstić information content (AvgIpc) is 3.51. The molecule has 1 aliphatic rings. The van der Waals surface area contributed by atoms with Crippen LogP contribution in [0.2, 0.25) is 0 Å². The van der Waals surface area contributed by atoms with Gasteiger partial charge in [-0.1, -0.05) is 35.0 Å². The Balaban J connectivity index is 1.09. The number of methoxy groups -OCH3 is 1. The third-order valence-corrected chi connectivity index (χ3v) is 6.36. The lowest BCUT2D eigenvalue weighted by atomic mass is 10.1. The Morgan fingerprint density at radius 3 is 2.65 bits per heavy atom. The SMILES string of the molecule is COc1ccc2cc(C(=O)N3CCN(CCCc4nc(-c5ccc(C)cc5)no4)CC3)[nH]c2c1. The quantitative estimate of drug-likeness (QED) is 0.451. The van der Waals surface area contributed by atoms with Crippen LogP contribution in [0.3, 0.4) is 0 Å². The molecule has 34 heavy (non-hydrogen) atoms. The monoisotopic (exact) mass is 459 g/mol. The summed E-state index contributed by atoms with van der Waals surface area (Å²) >= 11 is 0. The second kappa shape index (κ2) is 9.69. The zero-order valence-electron chi connectivity index (χ0n) is 19.6. The van der Waals surface area contributed by atoms with Crippen LogP contribution in [-0.4, -0.2) is 70.7 Å². The van der Waals surface area contributed by atoms with Gasteiger partial charge in [0, 0.05) is 55.1 Å². The van der Waals surface area contributed by atoms with Gasteiger partial charge in [-0.25, -0.2) is 0 Å². The van der Waals surface area contributed by atoms with Gasteiger partial charge in [-0.2, -0.15) is 4.98 Å². The van der Waals surface area contributed by atoms with E-state index in [9.17, 15) is 4.79 Å². The number of H-pyrrole nitrogens is 1. The number of carbonyl (C=O) groups is 1. The van der Waals surface area contributed by atoms with Crippen LogP contribution >= 0.6 is 0 Å². The molecule has 1 aliphatic heterocycles. The number of aryl methyl sites for hydroxylation is 2. The first-order valence-corrected chi connectivity index (χ1v) is 11.7. The van der Waals surface area contributed by atoms with E-state index in [1.807, 2.05) is 53.4 Å². The van der Waals surface area contributed by atoms with Gasteiger partial charge in [0.05, 0.1) is 7.11 Å². The van der Waals surface area contributed by atoms with E-state index >= 15 is 0 Å². The van der Waals surface area contributed by atoms with Gasteiger partial charge in [-0.3, -0.25) is 9.69 Å². The number of aromatic nitrogens is 3. The highest BCUT2D eigenvalue weighted by molar-refractivity contribution is 5.98. The van der Waals surface area contributed by atoms with E-state index in [2.05, 4.69) is 26.9 Å². The fraction of sp³-hybridized carbons (Fsp3) is 0.346. The lowest BCUT2D eigenvalue weighted by Crippen LogP contribution is -2.49. The second-order valence-electron chi connectivity index (χ2n) is 8.75. The van der Waals surface area contributed by atoms with Crippen molar-refractivity contribution in [1.82, 2.24) is 24.9 Å². The summed E-state index contributed by atoms with van der Waals surface area (Å²) in [6, 6.07) is 15.8. The molecule has 3 heterocycles. The summed E-state index contributed by atoms with van der Waals surface area (Å²) in [7, 11) is 1.64. The lowest BCUT2D eigenvalue weighted by Gasteiger charge is -2.34. The number of hydrogen-bond acceptors (Lipinski definition) is 6. The number of rotatable bonds is 7. The predicted molar refractivity (Wildman–Crippen MR) is 130 cm³/mol. The fourth-order valence-corrected chi connectivity index (χ4v) is 4.32. The fourth-order valence-electron chi connectivity index (χ4n) is 4.32. The molecular formula is C26H29N5O3. The van der Waals surface area contributed by atoms with Crippen LogP contribution in [0.4, 0.5) is 0 Å². The summed E-state index contributed by atoms with van der Waals surface area (Å²) in [6.45, 7) is 6.15. The Bertz CT molecular complexity index is 1270. The first kappa shape index (κ1) is 22.2. The van der Waals surface area contributed by atoms with Gasteiger partial charge in [0.2, 0.25) is 11.7 Å². The number of fused-ring (bicyclic) bond motifs is 1. The van der Waals surface area contributed by atoms with Crippen molar-refractivity contribution >= 4 is 16.8 Å². The highest BCUT2D eigenvalue weighted by atomic mass is 16.5. The molecule has 0 atom stereocenters. The minimum absolute atomic E-state index is 0.0457. The van der Waals surface area contributed by atoms with Gasteiger partial charge in [0.25, 0.3) is 5.91 Å². The second-order valence-corrected chi connectivity index (χ2v) is 8.75. The van der Waals surface area contributed by atoms with Gasteiger partial charge in [-0.05, 0) is 38.1 Å². The summed E-state index contributed by atoms with van der Waals surface area (Å²) in [5.41, 5.74) is 3.71. The van der Waals surface area contributed by atoms with Crippen LogP contribution in [-0.2, 0) is 6.42 Å². The molecule has 0 bridgehead atoms. The molecule has 1 saturated heterocycles. The lowest BCUT2D eigenvalue weighted by molar-refractivity contribution is 0.0630. The van der Waals surface area contributed by atoms with Gasteiger partial charge in [-0.15, -0.1) is 0 Å². The standard InChI is InChI=1S/C26H29N5O3/c1-18-5-7-19(8-6-18)25-28-24(34-29-25)4-3-11-30-12-14-31(15-13-30)26(32)23-16-20-9-10-21(33-2)17-22(20)27-23/h5-10,16-17,27H,3-4,11-15H2,1-2H3. The van der Waals surface area contributed by atoms with Crippen molar-refractivity contribution in [2.75, 3.05) is 39.8 Å². The van der Waals surface area contributed by atoms with Crippen molar-refractivity contribution in [3.63, 3.8) is 0 Å². The number of amides is 1. The van der Waals surface area contributed by atoms with Crippen LogP contribution in [0.1, 0.15) is 28.4 Å². The van der Waals surface area contributed by atoms with Gasteiger partial charge in [0.15, 0.2) is 0 Å². The van der Waals surface area contributed by atoms with Gasteiger partial charge >= 0.3 is 0 Å². The van der Waals surface area contributed by atoms with Crippen LogP contribution in [0.25, 0.3) is 22.3 Å². The molecule has 176 valence electrons. The Morgan fingerprint density at radius 2 is 1.88 bits per heavy atom. The van der Waals surface area contributed by atoms with Crippen molar-refractivity contribution < 1.29 is 14.1 Å². The number of piperazine rings is 1. The molecule has 0 radical (unpaired) electrons. The van der Waals surface area contributed by atoms with Crippen LogP contribution in [0.5, 0.6) is 5.75 Å². The Labute approximate surface area is 198 Å². The topological polar surface area (TPSA) is 87.5 Å². The molecule has 1 N–H and O–H groups in total. The van der Waals surface area contributed by atoms with E-state index in [1.165, 1.54) is 5.56 Å². The smallest absolute Gasteiger partial charge is 0.270 e. The molecule has 0 saturated carbocycles. The van der Waals surface area contributed by atoms with E-state index in [-0.39, 0.29) is 5.91 Å². The molecule has 0 spiro atoms. The molecular weight excluding hydrogens is 430 g/mol. The molecule has 2 aromatic heterocycles. The number of ether oxygens (including phenoxy) is 1. The minimum atomic E-state index is 0.0457. The zero-order chi connectivity index (χ0) is 23.5. The van der Waals surface area contributed by atoms with Crippen molar-refractivity contribution in [2.45, 2.75) is 19.8 Å². The van der Waals surface area contributed by atoms with E-state index in [1.54, 1.807) is 7.11 Å². The number of nitrogens with zero attached hydrogens (tertiary/aromatic N) is 4. The number of aromatic amines is 1. The number of carbonyl (C=O) groups excluding carboxylic acids is 1. The molecule has 1 fully saturated rings. The summed E-state index contributed by atoms with van der Waals surface area (Å²) < 4.78 is 10.7. The summed E-state index contributed by atoms with van der Waals surface area (Å²) in [6.07, 6.45) is 1.68. The van der Waals surface area contributed by atoms with Gasteiger partial charge < -0.3 is 19.1 Å². The van der Waals surface area contributed by atoms with Crippen LogP contribution in [0.15, 0.2) is 53.1 Å². The van der Waals surface area contributed by atoms with Crippen molar-refractivity contribution in [3.05, 3.63) is 65.7 Å². The minimum Gasteiger partial charge on any atom is -0.497 e. The molecule has 0 aliphatic carbocycles. The normalized spacial score (nSPS) is 14.6. The maximum Gasteiger partial charge on any atom is 0.270 e. The molecule has 0 unspecified atom stereocenters. The van der Waals surface area contributed by atoms with Crippen LogP contribution in [0, 0.1) is 6.92 Å².